The van der Waals surface area contributed by atoms with E-state index in [1.807, 2.05) is 13.8 Å². The summed E-state index contributed by atoms with van der Waals surface area (Å²) >= 11 is -5.45. The fourth-order valence-electron chi connectivity index (χ4n) is 10.4. The van der Waals surface area contributed by atoms with Gasteiger partial charge < -0.3 is 0 Å². The van der Waals surface area contributed by atoms with E-state index in [4.69, 9.17) is 25.9 Å². The predicted molar refractivity (Wildman–Crippen MR) is 255 cm³/mol. The minimum atomic E-state index is -5.45. The van der Waals surface area contributed by atoms with Gasteiger partial charge >= 0.3 is 364 Å². The first-order chi connectivity index (χ1) is 29.0. The standard InChI is InChI=1S/2C26H21O.C2H6Si.2ClH.Zr/c2*1-3-18-9-11-21-15-23(25-13-8-17(2)27-25)16-24(21)26(18)22-12-10-19-6-4-5-7-20(19)14-22;1-3-2;;;/h2*4-16H,3H2,1-2H3;1-2H3;2*1H;/q;;;;;+2/p-2. The number of hydrogen-bond donors (Lipinski definition) is 0. The van der Waals surface area contributed by atoms with Gasteiger partial charge in [0.15, 0.2) is 0 Å². The van der Waals surface area contributed by atoms with Crippen LogP contribution in [-0.2, 0) is 27.9 Å². The SMILES string of the molecule is CCc1ccc2c(c1-c1ccc3ccccc3c1)C=C(c1ccc(C)o1)[CH]2[Zr]([Cl])([Cl])([CH]1C(c2ccc(C)o2)=Cc2c1ccc(CC)c2-c1ccc2ccccc2c1)=[Si](C)C. The molecule has 6 aromatic carbocycles. The molecule has 8 aromatic rings. The summed E-state index contributed by atoms with van der Waals surface area (Å²) in [7, 11) is 18.1. The van der Waals surface area contributed by atoms with Crippen LogP contribution in [0.5, 0.6) is 0 Å². The van der Waals surface area contributed by atoms with Gasteiger partial charge in [0.25, 0.3) is 0 Å². The van der Waals surface area contributed by atoms with Gasteiger partial charge in [-0.15, -0.1) is 0 Å². The van der Waals surface area contributed by atoms with Crippen molar-refractivity contribution in [2.24, 2.45) is 0 Å². The number of halogens is 2. The number of allylic oxidation sites excluding steroid dienone is 2. The first-order valence-electron chi connectivity index (χ1n) is 21.2. The molecule has 2 aliphatic carbocycles. The number of fused-ring (bicyclic) bond motifs is 4. The Bertz CT molecular complexity index is 3000. The Kier molecular flexibility index (Phi) is 9.84. The van der Waals surface area contributed by atoms with Crippen LogP contribution in [0.1, 0.15) is 77.5 Å². The van der Waals surface area contributed by atoms with Crippen LogP contribution in [0.15, 0.2) is 142 Å². The monoisotopic (exact) mass is 916 g/mol. The third-order valence-corrected chi connectivity index (χ3v) is 59.7. The molecule has 2 unspecified atom stereocenters. The van der Waals surface area contributed by atoms with E-state index in [-0.39, 0.29) is 7.25 Å². The zero-order valence-electron chi connectivity index (χ0n) is 35.0. The quantitative estimate of drug-likeness (QED) is 0.142. The van der Waals surface area contributed by atoms with Gasteiger partial charge in [-0.25, -0.2) is 0 Å². The molecule has 2 aliphatic rings. The average Bonchev–Trinajstić information content (AvgIpc) is 4.07. The van der Waals surface area contributed by atoms with Crippen molar-refractivity contribution in [2.75, 3.05) is 0 Å². The molecule has 2 atom stereocenters. The van der Waals surface area contributed by atoms with Crippen molar-refractivity contribution < 1.29 is 23.8 Å². The molecule has 0 amide bonds. The molecule has 0 aliphatic heterocycles. The van der Waals surface area contributed by atoms with E-state index >= 15 is 0 Å². The number of aryl methyl sites for hydroxylation is 4. The van der Waals surface area contributed by atoms with Crippen LogP contribution < -0.4 is 0 Å². The van der Waals surface area contributed by atoms with Crippen LogP contribution in [0.4, 0.5) is 0 Å². The molecule has 0 N–H and O–H groups in total. The van der Waals surface area contributed by atoms with E-state index in [0.717, 1.165) is 47.0 Å². The molecule has 10 rings (SSSR count). The Morgan fingerprint density at radius 1 is 0.517 bits per heavy atom. The van der Waals surface area contributed by atoms with Crippen molar-refractivity contribution >= 4 is 67.3 Å². The maximum atomic E-state index is 9.06. The van der Waals surface area contributed by atoms with Crippen molar-refractivity contribution in [3.63, 3.8) is 0 Å². The summed E-state index contributed by atoms with van der Waals surface area (Å²) in [6, 6.07) is 48.7. The first-order valence-corrected chi connectivity index (χ1v) is 36.6. The summed E-state index contributed by atoms with van der Waals surface area (Å²) in [6.45, 7) is 13.3. The van der Waals surface area contributed by atoms with Crippen molar-refractivity contribution in [2.45, 2.75) is 60.9 Å². The van der Waals surface area contributed by atoms with Crippen molar-refractivity contribution in [1.82, 2.24) is 0 Å². The molecule has 2 heterocycles. The number of benzene rings is 6. The summed E-state index contributed by atoms with van der Waals surface area (Å²) in [5.41, 5.74) is 13.1. The molecule has 2 nitrogen and oxygen atoms in total. The van der Waals surface area contributed by atoms with Gasteiger partial charge in [0.05, 0.1) is 0 Å². The van der Waals surface area contributed by atoms with Gasteiger partial charge in [-0.2, -0.15) is 0 Å². The Labute approximate surface area is 361 Å². The first kappa shape index (κ1) is 39.7. The zero-order valence-corrected chi connectivity index (χ0v) is 40.0. The van der Waals surface area contributed by atoms with E-state index < -0.39 is 20.4 Å². The van der Waals surface area contributed by atoms with Gasteiger partial charge in [0.1, 0.15) is 0 Å². The topological polar surface area (TPSA) is 26.3 Å². The average molecular weight is 919 g/mol. The Hall–Kier alpha value is -4.44. The molecule has 0 fully saturated rings. The predicted octanol–water partition coefficient (Wildman–Crippen LogP) is 16.4. The molecule has 0 saturated heterocycles. The van der Waals surface area contributed by atoms with E-state index in [9.17, 15) is 0 Å². The van der Waals surface area contributed by atoms with Crippen molar-refractivity contribution in [1.29, 1.82) is 0 Å². The van der Waals surface area contributed by atoms with Crippen LogP contribution in [0.3, 0.4) is 0 Å². The number of hydrogen-bond acceptors (Lipinski definition) is 2. The summed E-state index contributed by atoms with van der Waals surface area (Å²) in [5.74, 6) is 3.42. The Morgan fingerprint density at radius 3 is 1.30 bits per heavy atom. The van der Waals surface area contributed by atoms with E-state index in [1.165, 1.54) is 77.2 Å². The van der Waals surface area contributed by atoms with Crippen LogP contribution in [-0.4, -0.2) is 5.43 Å². The fraction of sp³-hybridized carbons (Fsp3) is 0.185. The molecule has 0 saturated carbocycles. The molecule has 2 aromatic heterocycles. The van der Waals surface area contributed by atoms with Crippen molar-refractivity contribution in [3.05, 3.63) is 190 Å². The minimum absolute atomic E-state index is 0.241. The van der Waals surface area contributed by atoms with Crippen LogP contribution in [0.25, 0.3) is 67.1 Å². The zero-order chi connectivity index (χ0) is 41.5. The number of rotatable bonds is 8. The second kappa shape index (κ2) is 14.9. The normalized spacial score (nSPS) is 16.3. The fourth-order valence-corrected chi connectivity index (χ4v) is 38.1. The Morgan fingerprint density at radius 2 is 0.933 bits per heavy atom. The van der Waals surface area contributed by atoms with Gasteiger partial charge in [-0.3, -0.25) is 0 Å². The van der Waals surface area contributed by atoms with Crippen molar-refractivity contribution in [3.8, 4) is 22.3 Å². The molecule has 6 heteroatoms. The van der Waals surface area contributed by atoms with Crippen LogP contribution >= 0.6 is 17.0 Å². The summed E-state index contributed by atoms with van der Waals surface area (Å²) < 4.78 is 12.8. The second-order valence-electron chi connectivity index (χ2n) is 17.1. The molecular formula is C54H48Cl2O2SiZr. The van der Waals surface area contributed by atoms with Gasteiger partial charge in [-0.05, 0) is 0 Å². The molecule has 0 bridgehead atoms. The summed E-state index contributed by atoms with van der Waals surface area (Å²) in [6.07, 6.45) is 6.58. The Balaban J connectivity index is 1.27. The second-order valence-corrected chi connectivity index (χ2v) is 55.9. The van der Waals surface area contributed by atoms with Crippen LogP contribution in [0.2, 0.25) is 13.1 Å². The van der Waals surface area contributed by atoms with Gasteiger partial charge in [-0.1, -0.05) is 0 Å². The summed E-state index contributed by atoms with van der Waals surface area (Å²) in [5, 5.41) is 4.91. The molecule has 60 heavy (non-hydrogen) atoms. The third-order valence-electron chi connectivity index (χ3n) is 13.5. The van der Waals surface area contributed by atoms with E-state index in [1.54, 1.807) is 0 Å². The van der Waals surface area contributed by atoms with Gasteiger partial charge in [0, 0.05) is 0 Å². The third kappa shape index (κ3) is 6.11. The maximum absolute atomic E-state index is 9.06. The molecule has 0 radical (unpaired) electrons. The number of furan rings is 2. The summed E-state index contributed by atoms with van der Waals surface area (Å²) in [4.78, 5) is 0. The van der Waals surface area contributed by atoms with E-state index in [0.29, 0.717) is 0 Å². The molecule has 0 spiro atoms. The van der Waals surface area contributed by atoms with Crippen LogP contribution in [0, 0.1) is 13.8 Å². The molecular weight excluding hydrogens is 871 g/mol. The van der Waals surface area contributed by atoms with Gasteiger partial charge in [0.2, 0.25) is 0 Å². The molecule has 298 valence electrons. The van der Waals surface area contributed by atoms with E-state index in [2.05, 4.69) is 173 Å².